The summed E-state index contributed by atoms with van der Waals surface area (Å²) in [7, 11) is 0. The Bertz CT molecular complexity index is 941. The molecule has 0 aliphatic heterocycles. The smallest absolute Gasteiger partial charge is 0.339 e. The van der Waals surface area contributed by atoms with E-state index in [1.807, 2.05) is 0 Å². The van der Waals surface area contributed by atoms with Crippen molar-refractivity contribution < 1.29 is 28.5 Å². The Balaban J connectivity index is 1.45. The molecule has 1 aliphatic rings. The number of benzene rings is 2. The second kappa shape index (κ2) is 10.7. The molecule has 2 aromatic carbocycles. The highest BCUT2D eigenvalue weighted by Gasteiger charge is 2.25. The lowest BCUT2D eigenvalue weighted by atomic mass is 9.94. The van der Waals surface area contributed by atoms with Gasteiger partial charge < -0.3 is 19.3 Å². The zero-order valence-corrected chi connectivity index (χ0v) is 17.3. The second-order valence-corrected chi connectivity index (χ2v) is 7.44. The molecule has 2 unspecified atom stereocenters. The van der Waals surface area contributed by atoms with Gasteiger partial charge in [-0.25, -0.2) is 9.18 Å². The van der Waals surface area contributed by atoms with Crippen LogP contribution in [0.3, 0.4) is 0 Å². The van der Waals surface area contributed by atoms with Crippen LogP contribution >= 0.6 is 0 Å². The van der Waals surface area contributed by atoms with Crippen LogP contribution in [0.4, 0.5) is 4.39 Å². The van der Waals surface area contributed by atoms with E-state index in [1.165, 1.54) is 30.5 Å². The Kier molecular flexibility index (Phi) is 7.78. The summed E-state index contributed by atoms with van der Waals surface area (Å²) in [5, 5.41) is 17.3. The number of aryl methyl sites for hydroxylation is 1. The van der Waals surface area contributed by atoms with Gasteiger partial charge >= 0.3 is 5.97 Å². The van der Waals surface area contributed by atoms with Crippen molar-refractivity contribution in [1.29, 1.82) is 5.41 Å². The summed E-state index contributed by atoms with van der Waals surface area (Å²) >= 11 is 0. The number of aromatic carboxylic acids is 1. The third-order valence-electron chi connectivity index (χ3n) is 5.14. The van der Waals surface area contributed by atoms with Gasteiger partial charge in [0.1, 0.15) is 23.2 Å². The molecule has 1 fully saturated rings. The molecular weight excluding hydrogens is 401 g/mol. The van der Waals surface area contributed by atoms with Gasteiger partial charge in [-0.15, -0.1) is 0 Å². The lowest BCUT2D eigenvalue weighted by molar-refractivity contribution is 0.00438. The summed E-state index contributed by atoms with van der Waals surface area (Å²) in [6.45, 7) is 2.08. The molecule has 0 amide bonds. The van der Waals surface area contributed by atoms with E-state index in [4.69, 9.17) is 19.6 Å². The Labute approximate surface area is 180 Å². The van der Waals surface area contributed by atoms with Crippen molar-refractivity contribution in [2.45, 2.75) is 44.8 Å². The van der Waals surface area contributed by atoms with Gasteiger partial charge in [-0.3, -0.25) is 5.41 Å². The van der Waals surface area contributed by atoms with E-state index in [0.717, 1.165) is 19.3 Å². The normalized spacial score (nSPS) is 18.6. The van der Waals surface area contributed by atoms with Crippen molar-refractivity contribution in [2.75, 3.05) is 6.61 Å². The highest BCUT2D eigenvalue weighted by Crippen LogP contribution is 2.29. The maximum absolute atomic E-state index is 12.9. The molecule has 0 bridgehead atoms. The average Bonchev–Trinajstić information content (AvgIpc) is 2.74. The number of nitrogens with one attached hydrogen (secondary N) is 1. The average molecular weight is 427 g/mol. The van der Waals surface area contributed by atoms with Gasteiger partial charge in [0.15, 0.2) is 0 Å². The number of ether oxygens (including phenoxy) is 3. The predicted octanol–water partition coefficient (Wildman–Crippen LogP) is 5.09. The van der Waals surface area contributed by atoms with Gasteiger partial charge in [-0.2, -0.15) is 0 Å². The SMILES string of the molecule is Cc1cccc(OC2CCCC(OC/C=C/OC(=N)c3ccc(F)cc3)C2)c1C(=O)O. The van der Waals surface area contributed by atoms with Crippen molar-refractivity contribution in [3.63, 3.8) is 0 Å². The van der Waals surface area contributed by atoms with Crippen LogP contribution < -0.4 is 4.74 Å². The Morgan fingerprint density at radius 3 is 2.68 bits per heavy atom. The Morgan fingerprint density at radius 1 is 1.19 bits per heavy atom. The first-order valence-corrected chi connectivity index (χ1v) is 10.2. The standard InChI is InChI=1S/C24H26FNO5/c1-16-5-2-8-21(22(16)24(27)28)31-20-7-3-6-19(15-20)29-13-4-14-30-23(26)17-9-11-18(25)12-10-17/h2,4-5,8-12,14,19-20,26H,3,6-7,13,15H2,1H3,(H,27,28)/b14-4+,26-23?. The van der Waals surface area contributed by atoms with Crippen molar-refractivity contribution >= 4 is 11.9 Å². The van der Waals surface area contributed by atoms with Crippen molar-refractivity contribution in [3.8, 4) is 5.75 Å². The maximum Gasteiger partial charge on any atom is 0.339 e. The molecule has 0 aromatic heterocycles. The minimum Gasteiger partial charge on any atom is -0.489 e. The molecule has 7 heteroatoms. The zero-order valence-electron chi connectivity index (χ0n) is 17.3. The van der Waals surface area contributed by atoms with Crippen LogP contribution in [0.25, 0.3) is 0 Å². The summed E-state index contributed by atoms with van der Waals surface area (Å²) in [6, 6.07) is 10.8. The molecule has 0 spiro atoms. The summed E-state index contributed by atoms with van der Waals surface area (Å²) in [5.74, 6) is -1.04. The van der Waals surface area contributed by atoms with Gasteiger partial charge in [0.05, 0.1) is 19.0 Å². The number of hydrogen-bond acceptors (Lipinski definition) is 5. The van der Waals surface area contributed by atoms with Crippen LogP contribution in [0.1, 0.15) is 47.2 Å². The van der Waals surface area contributed by atoms with Crippen molar-refractivity contribution in [1.82, 2.24) is 0 Å². The highest BCUT2D eigenvalue weighted by molar-refractivity contribution is 5.92. The highest BCUT2D eigenvalue weighted by atomic mass is 19.1. The third-order valence-corrected chi connectivity index (χ3v) is 5.14. The second-order valence-electron chi connectivity index (χ2n) is 7.44. The summed E-state index contributed by atoms with van der Waals surface area (Å²) in [6.07, 6.45) is 6.30. The van der Waals surface area contributed by atoms with Crippen LogP contribution in [0.15, 0.2) is 54.8 Å². The van der Waals surface area contributed by atoms with Crippen molar-refractivity contribution in [2.24, 2.45) is 0 Å². The molecule has 2 atom stereocenters. The van der Waals surface area contributed by atoms with Crippen LogP contribution in [0, 0.1) is 18.2 Å². The van der Waals surface area contributed by atoms with Crippen LogP contribution in [-0.4, -0.2) is 35.8 Å². The first-order valence-electron chi connectivity index (χ1n) is 10.2. The van der Waals surface area contributed by atoms with Crippen LogP contribution in [0.5, 0.6) is 5.75 Å². The van der Waals surface area contributed by atoms with Gasteiger partial charge in [0.25, 0.3) is 0 Å². The van der Waals surface area contributed by atoms with E-state index >= 15 is 0 Å². The fourth-order valence-electron chi connectivity index (χ4n) is 3.57. The predicted molar refractivity (Wildman–Crippen MR) is 114 cm³/mol. The topological polar surface area (TPSA) is 88.8 Å². The Hall–Kier alpha value is -3.19. The fraction of sp³-hybridized carbons (Fsp3) is 0.333. The lowest BCUT2D eigenvalue weighted by Gasteiger charge is -2.30. The molecule has 1 aliphatic carbocycles. The van der Waals surface area contributed by atoms with Crippen LogP contribution in [0.2, 0.25) is 0 Å². The molecule has 164 valence electrons. The summed E-state index contributed by atoms with van der Waals surface area (Å²) in [4.78, 5) is 11.5. The summed E-state index contributed by atoms with van der Waals surface area (Å²) < 4.78 is 30.0. The molecule has 2 aromatic rings. The monoisotopic (exact) mass is 427 g/mol. The Morgan fingerprint density at radius 2 is 1.94 bits per heavy atom. The molecule has 6 nitrogen and oxygen atoms in total. The van der Waals surface area contributed by atoms with E-state index in [-0.39, 0.29) is 29.5 Å². The largest absolute Gasteiger partial charge is 0.489 e. The van der Waals surface area contributed by atoms with E-state index in [1.54, 1.807) is 31.2 Å². The molecule has 0 heterocycles. The number of carbonyl (C=O) groups is 1. The van der Waals surface area contributed by atoms with Crippen molar-refractivity contribution in [3.05, 3.63) is 77.3 Å². The first kappa shape index (κ1) is 22.5. The van der Waals surface area contributed by atoms with E-state index in [9.17, 15) is 14.3 Å². The van der Waals surface area contributed by atoms with Crippen LogP contribution in [-0.2, 0) is 9.47 Å². The van der Waals surface area contributed by atoms with Gasteiger partial charge in [0.2, 0.25) is 5.90 Å². The number of hydrogen-bond donors (Lipinski definition) is 2. The maximum atomic E-state index is 12.9. The van der Waals surface area contributed by atoms with Gasteiger partial charge in [-0.1, -0.05) is 12.1 Å². The number of halogens is 1. The number of carboxylic acids is 1. The fourth-order valence-corrected chi connectivity index (χ4v) is 3.57. The number of carboxylic acid groups (broad SMARTS) is 1. The van der Waals surface area contributed by atoms with E-state index in [0.29, 0.717) is 29.9 Å². The van der Waals surface area contributed by atoms with Gasteiger partial charge in [0, 0.05) is 12.0 Å². The summed E-state index contributed by atoms with van der Waals surface area (Å²) in [5.41, 5.74) is 1.36. The number of rotatable bonds is 8. The molecule has 0 saturated heterocycles. The zero-order chi connectivity index (χ0) is 22.2. The first-order chi connectivity index (χ1) is 14.9. The third kappa shape index (κ3) is 6.39. The van der Waals surface area contributed by atoms with E-state index < -0.39 is 5.97 Å². The molecule has 1 saturated carbocycles. The molecule has 0 radical (unpaired) electrons. The molecule has 3 rings (SSSR count). The quantitative estimate of drug-likeness (QED) is 0.348. The minimum atomic E-state index is -0.993. The lowest BCUT2D eigenvalue weighted by Crippen LogP contribution is -2.30. The molecule has 2 N–H and O–H groups in total. The minimum absolute atomic E-state index is 0.00182. The van der Waals surface area contributed by atoms with Gasteiger partial charge in [-0.05, 0) is 68.2 Å². The van der Waals surface area contributed by atoms with E-state index in [2.05, 4.69) is 0 Å². The molecule has 31 heavy (non-hydrogen) atoms. The molecular formula is C24H26FNO5.